The van der Waals surface area contributed by atoms with Crippen molar-refractivity contribution in [1.29, 1.82) is 0 Å². The predicted molar refractivity (Wildman–Crippen MR) is 162 cm³/mol. The van der Waals surface area contributed by atoms with Crippen LogP contribution >= 0.6 is 0 Å². The summed E-state index contributed by atoms with van der Waals surface area (Å²) in [6.07, 6.45) is 17.1. The van der Waals surface area contributed by atoms with E-state index in [9.17, 15) is 9.90 Å². The average molecular weight is 582 g/mol. The highest BCUT2D eigenvalue weighted by Crippen LogP contribution is 2.66. The SMILES string of the molecule is C=C1CC[C@@]2(O)C3Cc4ccc(OCOC(=O)OCCCCCCCCCCCC)c5c4[C@@]2(CCN3CC2CC2)[C@H]1O5. The number of ether oxygens (including phenoxy) is 4. The summed E-state index contributed by atoms with van der Waals surface area (Å²) in [5, 5.41) is 12.5. The van der Waals surface area contributed by atoms with Crippen molar-refractivity contribution in [1.82, 2.24) is 4.90 Å². The maximum Gasteiger partial charge on any atom is 0.511 e. The van der Waals surface area contributed by atoms with Crippen LogP contribution in [0, 0.1) is 5.92 Å². The van der Waals surface area contributed by atoms with Gasteiger partial charge in [0.1, 0.15) is 6.10 Å². The number of piperidine rings is 1. The first-order chi connectivity index (χ1) is 20.5. The van der Waals surface area contributed by atoms with Crippen molar-refractivity contribution in [3.63, 3.8) is 0 Å². The lowest BCUT2D eigenvalue weighted by atomic mass is 9.48. The molecule has 0 aromatic heterocycles. The number of rotatable bonds is 16. The van der Waals surface area contributed by atoms with Crippen molar-refractivity contribution in [2.24, 2.45) is 5.92 Å². The van der Waals surface area contributed by atoms with Crippen LogP contribution in [0.3, 0.4) is 0 Å². The number of hydrogen-bond donors (Lipinski definition) is 1. The number of benzene rings is 1. The molecule has 2 heterocycles. The highest BCUT2D eigenvalue weighted by Gasteiger charge is 2.72. The molecule has 2 bridgehead atoms. The van der Waals surface area contributed by atoms with Crippen molar-refractivity contribution < 1.29 is 28.8 Å². The van der Waals surface area contributed by atoms with Gasteiger partial charge >= 0.3 is 6.16 Å². The number of carbonyl (C=O) groups is 1. The molecule has 1 aromatic rings. The Kier molecular flexibility index (Phi) is 9.06. The first kappa shape index (κ1) is 29.8. The fraction of sp³-hybridized carbons (Fsp3) is 0.743. The summed E-state index contributed by atoms with van der Waals surface area (Å²) in [4.78, 5) is 14.7. The molecule has 5 aliphatic rings. The molecule has 6 rings (SSSR count). The van der Waals surface area contributed by atoms with Crippen molar-refractivity contribution in [3.05, 3.63) is 35.4 Å². The van der Waals surface area contributed by atoms with Gasteiger partial charge in [-0.2, -0.15) is 0 Å². The van der Waals surface area contributed by atoms with Crippen LogP contribution in [0.1, 0.15) is 114 Å². The number of carbonyl (C=O) groups excluding carboxylic acids is 1. The van der Waals surface area contributed by atoms with E-state index in [0.717, 1.165) is 68.7 Å². The van der Waals surface area contributed by atoms with Crippen LogP contribution in [0.5, 0.6) is 11.5 Å². The Morgan fingerprint density at radius 2 is 1.79 bits per heavy atom. The summed E-state index contributed by atoms with van der Waals surface area (Å²) in [6, 6.07) is 4.15. The summed E-state index contributed by atoms with van der Waals surface area (Å²) >= 11 is 0. The summed E-state index contributed by atoms with van der Waals surface area (Å²) in [6.45, 7) is 8.82. The molecule has 2 saturated carbocycles. The normalized spacial score (nSPS) is 29.1. The van der Waals surface area contributed by atoms with Crippen LogP contribution in [0.15, 0.2) is 24.3 Å². The highest BCUT2D eigenvalue weighted by atomic mass is 16.8. The lowest BCUT2D eigenvalue weighted by Crippen LogP contribution is -2.75. The van der Waals surface area contributed by atoms with E-state index < -0.39 is 17.2 Å². The molecule has 1 aromatic carbocycles. The fourth-order valence-electron chi connectivity index (χ4n) is 8.42. The van der Waals surface area contributed by atoms with E-state index in [4.69, 9.17) is 18.9 Å². The number of nitrogens with zero attached hydrogens (tertiary/aromatic N) is 1. The van der Waals surface area contributed by atoms with Gasteiger partial charge in [0.05, 0.1) is 17.6 Å². The first-order valence-electron chi connectivity index (χ1n) is 16.9. The molecule has 3 aliphatic carbocycles. The molecule has 232 valence electrons. The Bertz CT molecular complexity index is 1130. The van der Waals surface area contributed by atoms with Gasteiger partial charge in [-0.25, -0.2) is 4.79 Å². The molecule has 1 spiro atoms. The molecule has 1 N–H and O–H groups in total. The fourth-order valence-corrected chi connectivity index (χ4v) is 8.42. The Hall–Kier alpha value is -2.25. The molecule has 3 fully saturated rings. The van der Waals surface area contributed by atoms with Gasteiger partial charge in [-0.05, 0) is 74.6 Å². The van der Waals surface area contributed by atoms with E-state index in [0.29, 0.717) is 18.1 Å². The average Bonchev–Trinajstić information content (AvgIpc) is 3.72. The minimum Gasteiger partial charge on any atom is -0.481 e. The quantitative estimate of drug-likeness (QED) is 0.0956. The summed E-state index contributed by atoms with van der Waals surface area (Å²) < 4.78 is 23.1. The zero-order valence-electron chi connectivity index (χ0n) is 25.7. The topological polar surface area (TPSA) is 77.5 Å². The van der Waals surface area contributed by atoms with Crippen LogP contribution in [0.4, 0.5) is 4.79 Å². The Labute approximate surface area is 251 Å². The minimum absolute atomic E-state index is 0.102. The molecule has 42 heavy (non-hydrogen) atoms. The monoisotopic (exact) mass is 581 g/mol. The molecular weight excluding hydrogens is 530 g/mol. The van der Waals surface area contributed by atoms with Crippen molar-refractivity contribution in [2.45, 2.75) is 133 Å². The van der Waals surface area contributed by atoms with Gasteiger partial charge in [0.2, 0.25) is 6.79 Å². The van der Waals surface area contributed by atoms with Gasteiger partial charge in [0.15, 0.2) is 11.5 Å². The molecule has 1 saturated heterocycles. The molecule has 1 unspecified atom stereocenters. The summed E-state index contributed by atoms with van der Waals surface area (Å²) in [5.41, 5.74) is 2.04. The summed E-state index contributed by atoms with van der Waals surface area (Å²) in [5.74, 6) is 2.02. The Morgan fingerprint density at radius 1 is 1.05 bits per heavy atom. The van der Waals surface area contributed by atoms with E-state index in [-0.39, 0.29) is 18.9 Å². The summed E-state index contributed by atoms with van der Waals surface area (Å²) in [7, 11) is 0. The minimum atomic E-state index is -0.849. The largest absolute Gasteiger partial charge is 0.511 e. The van der Waals surface area contributed by atoms with Gasteiger partial charge in [-0.3, -0.25) is 4.90 Å². The lowest BCUT2D eigenvalue weighted by Gasteiger charge is -2.63. The Balaban J connectivity index is 1.01. The second-order valence-electron chi connectivity index (χ2n) is 13.6. The first-order valence-corrected chi connectivity index (χ1v) is 16.9. The second kappa shape index (κ2) is 12.8. The molecule has 7 heteroatoms. The zero-order valence-corrected chi connectivity index (χ0v) is 25.7. The maximum atomic E-state index is 12.5. The molecular formula is C35H51NO6. The van der Waals surface area contributed by atoms with Crippen LogP contribution in [0.2, 0.25) is 0 Å². The lowest BCUT2D eigenvalue weighted by molar-refractivity contribution is -0.174. The number of hydrogen-bond acceptors (Lipinski definition) is 7. The van der Waals surface area contributed by atoms with E-state index in [2.05, 4.69) is 24.5 Å². The van der Waals surface area contributed by atoms with E-state index >= 15 is 0 Å². The van der Waals surface area contributed by atoms with Gasteiger partial charge in [-0.15, -0.1) is 0 Å². The third-order valence-electron chi connectivity index (χ3n) is 10.8. The van der Waals surface area contributed by atoms with E-state index in [1.807, 2.05) is 6.07 Å². The highest BCUT2D eigenvalue weighted by molar-refractivity contribution is 5.64. The standard InChI is InChI=1S/C35H51NO6/c1-3-4-5-6-7-8-9-10-11-12-21-39-33(37)41-24-40-28-16-15-27-22-29-35(38)18-17-25(2)32-34(35,30(27)31(28)42-32)19-20-36(29)23-26-13-14-26/h15-16,26,29,32,38H,2-14,17-24H2,1H3/t29?,32-,34-,35+/m0/s1. The Morgan fingerprint density at radius 3 is 2.52 bits per heavy atom. The van der Waals surface area contributed by atoms with Crippen molar-refractivity contribution in [3.8, 4) is 11.5 Å². The van der Waals surface area contributed by atoms with Gasteiger partial charge in [-0.1, -0.05) is 77.4 Å². The molecule has 7 nitrogen and oxygen atoms in total. The van der Waals surface area contributed by atoms with Crippen molar-refractivity contribution >= 4 is 6.16 Å². The molecule has 2 aliphatic heterocycles. The van der Waals surface area contributed by atoms with Gasteiger partial charge in [0.25, 0.3) is 0 Å². The van der Waals surface area contributed by atoms with Gasteiger partial charge in [0, 0.05) is 18.2 Å². The van der Waals surface area contributed by atoms with Crippen LogP contribution in [-0.4, -0.2) is 60.4 Å². The zero-order chi connectivity index (χ0) is 29.2. The van der Waals surface area contributed by atoms with Crippen LogP contribution in [-0.2, 0) is 21.3 Å². The van der Waals surface area contributed by atoms with E-state index in [1.165, 1.54) is 69.8 Å². The predicted octanol–water partition coefficient (Wildman–Crippen LogP) is 7.22. The third-order valence-corrected chi connectivity index (χ3v) is 10.8. The molecule has 0 radical (unpaired) electrons. The third kappa shape index (κ3) is 5.56. The number of aliphatic hydroxyl groups is 1. The van der Waals surface area contributed by atoms with Gasteiger partial charge < -0.3 is 24.1 Å². The van der Waals surface area contributed by atoms with Crippen LogP contribution in [0.25, 0.3) is 0 Å². The maximum absolute atomic E-state index is 12.5. The molecule has 0 amide bonds. The number of likely N-dealkylation sites (tertiary alicyclic amines) is 1. The second-order valence-corrected chi connectivity index (χ2v) is 13.6. The molecule has 4 atom stereocenters. The van der Waals surface area contributed by atoms with Crippen molar-refractivity contribution in [2.75, 3.05) is 26.5 Å². The number of unbranched alkanes of at least 4 members (excludes halogenated alkanes) is 9. The smallest absolute Gasteiger partial charge is 0.481 e. The van der Waals surface area contributed by atoms with E-state index in [1.54, 1.807) is 0 Å². The van der Waals surface area contributed by atoms with Crippen LogP contribution < -0.4 is 9.47 Å².